The minimum absolute atomic E-state index is 0.170. The van der Waals surface area contributed by atoms with Gasteiger partial charge in [-0.25, -0.2) is 4.79 Å². The number of rotatable bonds is 2. The molecule has 0 bridgehead atoms. The lowest BCUT2D eigenvalue weighted by molar-refractivity contribution is 0.0896. The van der Waals surface area contributed by atoms with Gasteiger partial charge >= 0.3 is 6.16 Å². The number of hydrogen-bond acceptors (Lipinski definition) is 3. The molecule has 3 rings (SSSR count). The first-order valence-corrected chi connectivity index (χ1v) is 5.73. The van der Waals surface area contributed by atoms with Gasteiger partial charge in [0.25, 0.3) is 0 Å². The molecule has 3 nitrogen and oxygen atoms in total. The van der Waals surface area contributed by atoms with Crippen LogP contribution in [0.3, 0.4) is 0 Å². The average molecular weight is 240 g/mol. The molecule has 18 heavy (non-hydrogen) atoms. The van der Waals surface area contributed by atoms with Crippen LogP contribution >= 0.6 is 0 Å². The van der Waals surface area contributed by atoms with Crippen molar-refractivity contribution in [1.82, 2.24) is 0 Å². The molecule has 1 heterocycles. The highest BCUT2D eigenvalue weighted by atomic mass is 16.8. The van der Waals surface area contributed by atoms with Crippen LogP contribution < -0.4 is 0 Å². The van der Waals surface area contributed by atoms with Crippen molar-refractivity contribution in [3.8, 4) is 0 Å². The van der Waals surface area contributed by atoms with Crippen molar-refractivity contribution in [1.29, 1.82) is 0 Å². The maximum atomic E-state index is 11.2. The average Bonchev–Trinajstić information content (AvgIpc) is 2.81. The molecule has 0 radical (unpaired) electrons. The van der Waals surface area contributed by atoms with Crippen molar-refractivity contribution >= 4 is 16.9 Å². The highest BCUT2D eigenvalue weighted by Gasteiger charge is 2.42. The van der Waals surface area contributed by atoms with E-state index in [2.05, 4.69) is 6.58 Å². The Hall–Kier alpha value is -2.29. The van der Waals surface area contributed by atoms with Crippen LogP contribution in [-0.2, 0) is 15.1 Å². The quantitative estimate of drug-likeness (QED) is 0.596. The maximum absolute atomic E-state index is 11.2. The fraction of sp³-hybridized carbons (Fsp3) is 0.133. The number of cyclic esters (lactones) is 2. The molecule has 90 valence electrons. The van der Waals surface area contributed by atoms with Crippen LogP contribution in [0.4, 0.5) is 4.79 Å². The summed E-state index contributed by atoms with van der Waals surface area (Å²) in [6, 6.07) is 13.9. The highest BCUT2D eigenvalue weighted by molar-refractivity contribution is 5.87. The van der Waals surface area contributed by atoms with Crippen LogP contribution in [0, 0.1) is 0 Å². The molecule has 1 aliphatic rings. The molecule has 0 saturated carbocycles. The van der Waals surface area contributed by atoms with Crippen LogP contribution in [0.5, 0.6) is 0 Å². The lowest BCUT2D eigenvalue weighted by Crippen LogP contribution is -2.26. The van der Waals surface area contributed by atoms with Crippen LogP contribution in [-0.4, -0.2) is 12.8 Å². The van der Waals surface area contributed by atoms with E-state index >= 15 is 0 Å². The second-order valence-corrected chi connectivity index (χ2v) is 4.26. The second kappa shape index (κ2) is 3.88. The van der Waals surface area contributed by atoms with Crippen LogP contribution in [0.2, 0.25) is 0 Å². The van der Waals surface area contributed by atoms with E-state index in [0.717, 1.165) is 16.3 Å². The molecule has 3 heteroatoms. The van der Waals surface area contributed by atoms with Gasteiger partial charge in [-0.3, -0.25) is 0 Å². The summed E-state index contributed by atoms with van der Waals surface area (Å²) in [6.45, 7) is 3.95. The predicted molar refractivity (Wildman–Crippen MR) is 68.3 cm³/mol. The minimum atomic E-state index is -0.877. The molecule has 0 amide bonds. The van der Waals surface area contributed by atoms with Crippen molar-refractivity contribution in [3.63, 3.8) is 0 Å². The zero-order chi connectivity index (χ0) is 12.6. The van der Waals surface area contributed by atoms with Gasteiger partial charge in [0.05, 0.1) is 0 Å². The number of benzene rings is 2. The van der Waals surface area contributed by atoms with E-state index in [0.29, 0.717) is 0 Å². The Kier molecular flexibility index (Phi) is 2.33. The molecule has 1 aliphatic heterocycles. The van der Waals surface area contributed by atoms with Gasteiger partial charge in [0, 0.05) is 5.56 Å². The highest BCUT2D eigenvalue weighted by Crippen LogP contribution is 2.36. The standard InChI is InChI=1S/C15H12O3/c1-2-15(10-17-14(16)18-15)13-9-5-7-11-6-3-4-8-12(11)13/h2-9H,1,10H2. The van der Waals surface area contributed by atoms with E-state index in [1.807, 2.05) is 42.5 Å². The largest absolute Gasteiger partial charge is 0.509 e. The molecule has 1 saturated heterocycles. The Morgan fingerprint density at radius 3 is 2.67 bits per heavy atom. The predicted octanol–water partition coefficient (Wildman–Crippen LogP) is 3.39. The third-order valence-corrected chi connectivity index (χ3v) is 3.25. The lowest BCUT2D eigenvalue weighted by atomic mass is 9.90. The molecule has 1 fully saturated rings. The zero-order valence-corrected chi connectivity index (χ0v) is 9.76. The summed E-state index contributed by atoms with van der Waals surface area (Å²) in [4.78, 5) is 11.2. The summed E-state index contributed by atoms with van der Waals surface area (Å²) in [5.74, 6) is 0. The van der Waals surface area contributed by atoms with Crippen LogP contribution in [0.1, 0.15) is 5.56 Å². The zero-order valence-electron chi connectivity index (χ0n) is 9.76. The Morgan fingerprint density at radius 2 is 1.94 bits per heavy atom. The van der Waals surface area contributed by atoms with Gasteiger partial charge in [0.15, 0.2) is 5.60 Å². The van der Waals surface area contributed by atoms with E-state index in [-0.39, 0.29) is 6.61 Å². The van der Waals surface area contributed by atoms with Crippen molar-refractivity contribution in [3.05, 3.63) is 60.7 Å². The number of carbonyl (C=O) groups excluding carboxylic acids is 1. The van der Waals surface area contributed by atoms with Crippen LogP contribution in [0.25, 0.3) is 10.8 Å². The monoisotopic (exact) mass is 240 g/mol. The smallest absolute Gasteiger partial charge is 0.429 e. The van der Waals surface area contributed by atoms with Gasteiger partial charge in [0.2, 0.25) is 0 Å². The van der Waals surface area contributed by atoms with Crippen molar-refractivity contribution in [2.45, 2.75) is 5.60 Å². The van der Waals surface area contributed by atoms with Gasteiger partial charge in [-0.1, -0.05) is 49.0 Å². The normalized spacial score (nSPS) is 22.6. The lowest BCUT2D eigenvalue weighted by Gasteiger charge is -2.22. The van der Waals surface area contributed by atoms with Gasteiger partial charge in [-0.15, -0.1) is 0 Å². The Labute approximate surface area is 105 Å². The van der Waals surface area contributed by atoms with E-state index in [1.165, 1.54) is 0 Å². The van der Waals surface area contributed by atoms with E-state index in [4.69, 9.17) is 9.47 Å². The van der Waals surface area contributed by atoms with E-state index in [1.54, 1.807) is 6.08 Å². The second-order valence-electron chi connectivity index (χ2n) is 4.26. The summed E-state index contributed by atoms with van der Waals surface area (Å²) in [5.41, 5.74) is 0.0271. The first kappa shape index (κ1) is 10.8. The molecule has 0 aliphatic carbocycles. The maximum Gasteiger partial charge on any atom is 0.509 e. The summed E-state index contributed by atoms with van der Waals surface area (Å²) in [7, 11) is 0. The summed E-state index contributed by atoms with van der Waals surface area (Å²) in [5, 5.41) is 2.14. The third-order valence-electron chi connectivity index (χ3n) is 3.25. The molecular formula is C15H12O3. The number of carbonyl (C=O) groups is 1. The minimum Gasteiger partial charge on any atom is -0.429 e. The van der Waals surface area contributed by atoms with E-state index < -0.39 is 11.8 Å². The molecule has 0 spiro atoms. The Bertz CT molecular complexity index is 627. The summed E-state index contributed by atoms with van der Waals surface area (Å²) >= 11 is 0. The summed E-state index contributed by atoms with van der Waals surface area (Å²) in [6.07, 6.45) is 0.975. The molecule has 2 aromatic rings. The fourth-order valence-corrected chi connectivity index (χ4v) is 2.31. The molecule has 1 unspecified atom stereocenters. The SMILES string of the molecule is C=CC1(c2cccc3ccccc23)COC(=O)O1. The molecular weight excluding hydrogens is 228 g/mol. The number of hydrogen-bond donors (Lipinski definition) is 0. The van der Waals surface area contributed by atoms with Crippen molar-refractivity contribution in [2.24, 2.45) is 0 Å². The Balaban J connectivity index is 2.25. The Morgan fingerprint density at radius 1 is 1.17 bits per heavy atom. The molecule has 0 N–H and O–H groups in total. The van der Waals surface area contributed by atoms with Gasteiger partial charge in [-0.05, 0) is 16.8 Å². The van der Waals surface area contributed by atoms with Crippen molar-refractivity contribution in [2.75, 3.05) is 6.61 Å². The molecule has 1 atom stereocenters. The number of fused-ring (bicyclic) bond motifs is 1. The van der Waals surface area contributed by atoms with Gasteiger partial charge in [-0.2, -0.15) is 0 Å². The first-order chi connectivity index (χ1) is 8.75. The topological polar surface area (TPSA) is 35.5 Å². The number of ether oxygens (including phenoxy) is 2. The van der Waals surface area contributed by atoms with E-state index in [9.17, 15) is 4.79 Å². The van der Waals surface area contributed by atoms with Gasteiger partial charge < -0.3 is 9.47 Å². The third kappa shape index (κ3) is 1.48. The molecule has 2 aromatic carbocycles. The first-order valence-electron chi connectivity index (χ1n) is 5.73. The van der Waals surface area contributed by atoms with Gasteiger partial charge in [0.1, 0.15) is 6.61 Å². The van der Waals surface area contributed by atoms with Crippen molar-refractivity contribution < 1.29 is 14.3 Å². The molecule has 0 aromatic heterocycles. The van der Waals surface area contributed by atoms with Crippen LogP contribution in [0.15, 0.2) is 55.1 Å². The summed E-state index contributed by atoms with van der Waals surface area (Å²) < 4.78 is 10.2. The fourth-order valence-electron chi connectivity index (χ4n) is 2.31.